The van der Waals surface area contributed by atoms with Gasteiger partial charge < -0.3 is 37.0 Å². The van der Waals surface area contributed by atoms with Gasteiger partial charge in [-0.05, 0) is 24.0 Å². The summed E-state index contributed by atoms with van der Waals surface area (Å²) in [4.78, 5) is 61.1. The average molecular weight is 529 g/mol. The van der Waals surface area contributed by atoms with E-state index in [0.717, 1.165) is 5.56 Å². The number of carbonyl (C=O) groups is 5. The van der Waals surface area contributed by atoms with Gasteiger partial charge in [-0.25, -0.2) is 4.79 Å². The first-order valence-electron chi connectivity index (χ1n) is 11.9. The van der Waals surface area contributed by atoms with Gasteiger partial charge in [0.05, 0.1) is 12.6 Å². The number of carboxylic acid groups (broad SMARTS) is 2. The van der Waals surface area contributed by atoms with Crippen LogP contribution in [0.5, 0.6) is 0 Å². The van der Waals surface area contributed by atoms with Gasteiger partial charge in [-0.1, -0.05) is 60.7 Å². The predicted octanol–water partition coefficient (Wildman–Crippen LogP) is -0.805. The van der Waals surface area contributed by atoms with E-state index in [1.165, 1.54) is 0 Å². The molecule has 2 rings (SSSR count). The fourth-order valence-electron chi connectivity index (χ4n) is 3.57. The predicted molar refractivity (Wildman–Crippen MR) is 136 cm³/mol. The molecule has 0 spiro atoms. The van der Waals surface area contributed by atoms with E-state index in [4.69, 9.17) is 15.9 Å². The fourth-order valence-corrected chi connectivity index (χ4v) is 3.57. The Bertz CT molecular complexity index is 1100. The van der Waals surface area contributed by atoms with Gasteiger partial charge in [0.1, 0.15) is 18.1 Å². The molecule has 0 aliphatic rings. The summed E-state index contributed by atoms with van der Waals surface area (Å²) < 4.78 is 0. The number of nitrogens with two attached hydrogens (primary N) is 1. The van der Waals surface area contributed by atoms with E-state index in [-0.39, 0.29) is 19.3 Å². The highest BCUT2D eigenvalue weighted by Gasteiger charge is 2.30. The lowest BCUT2D eigenvalue weighted by atomic mass is 10.0. The van der Waals surface area contributed by atoms with Crippen LogP contribution in [0.1, 0.15) is 24.0 Å². The third-order valence-electron chi connectivity index (χ3n) is 5.63. The topological polar surface area (TPSA) is 208 Å². The Labute approximate surface area is 219 Å². The summed E-state index contributed by atoms with van der Waals surface area (Å²) in [5.74, 6) is -5.15. The molecule has 0 saturated carbocycles. The van der Waals surface area contributed by atoms with Gasteiger partial charge in [-0.15, -0.1) is 0 Å². The Kier molecular flexibility index (Phi) is 11.9. The summed E-state index contributed by atoms with van der Waals surface area (Å²) in [5.41, 5.74) is 7.59. The molecule has 3 amide bonds. The van der Waals surface area contributed by atoms with E-state index >= 15 is 0 Å². The maximum Gasteiger partial charge on any atom is 0.328 e. The molecule has 0 fully saturated rings. The van der Waals surface area contributed by atoms with Crippen LogP contribution in [0.4, 0.5) is 0 Å². The summed E-state index contributed by atoms with van der Waals surface area (Å²) in [7, 11) is 0. The number of amides is 3. The highest BCUT2D eigenvalue weighted by Crippen LogP contribution is 2.08. The largest absolute Gasteiger partial charge is 0.481 e. The van der Waals surface area contributed by atoms with E-state index in [2.05, 4.69) is 16.0 Å². The summed E-state index contributed by atoms with van der Waals surface area (Å²) in [6.07, 6.45) is -0.608. The quantitative estimate of drug-likeness (QED) is 0.154. The molecule has 12 heteroatoms. The molecule has 2 aromatic carbocycles. The second-order valence-electron chi connectivity index (χ2n) is 8.62. The lowest BCUT2D eigenvalue weighted by molar-refractivity contribution is -0.144. The molecular formula is C26H32N4O8. The van der Waals surface area contributed by atoms with Crippen LogP contribution in [-0.4, -0.2) is 75.8 Å². The minimum atomic E-state index is -1.65. The molecule has 4 unspecified atom stereocenters. The fraction of sp³-hybridized carbons (Fsp3) is 0.346. The van der Waals surface area contributed by atoms with Crippen molar-refractivity contribution in [3.8, 4) is 0 Å². The minimum absolute atomic E-state index is 0.0398. The number of aliphatic hydroxyl groups excluding tert-OH is 1. The van der Waals surface area contributed by atoms with Gasteiger partial charge >= 0.3 is 11.9 Å². The van der Waals surface area contributed by atoms with Gasteiger partial charge in [-0.2, -0.15) is 0 Å². The number of nitrogens with one attached hydrogen (secondary N) is 3. The van der Waals surface area contributed by atoms with Crippen LogP contribution in [0.3, 0.4) is 0 Å². The third-order valence-corrected chi connectivity index (χ3v) is 5.63. The minimum Gasteiger partial charge on any atom is -0.481 e. The second kappa shape index (κ2) is 15.1. The van der Waals surface area contributed by atoms with E-state index in [1.807, 2.05) is 18.2 Å². The van der Waals surface area contributed by atoms with Crippen molar-refractivity contribution in [1.29, 1.82) is 0 Å². The van der Waals surface area contributed by atoms with Crippen LogP contribution in [-0.2, 0) is 36.8 Å². The molecule has 0 bridgehead atoms. The first kappa shape index (κ1) is 29.9. The summed E-state index contributed by atoms with van der Waals surface area (Å²) in [6, 6.07) is 12.6. The van der Waals surface area contributed by atoms with Crippen LogP contribution in [0.15, 0.2) is 60.7 Å². The van der Waals surface area contributed by atoms with Crippen LogP contribution in [0, 0.1) is 0 Å². The zero-order valence-corrected chi connectivity index (χ0v) is 20.6. The number of carboxylic acids is 2. The van der Waals surface area contributed by atoms with Crippen molar-refractivity contribution < 1.29 is 39.3 Å². The number of benzene rings is 2. The standard InChI is InChI=1S/C26H32N4O8/c27-18(13-16-7-3-1-4-8-16)23(34)29-20(14-17-9-5-2-6-10-17)25(36)28-19(11-12-22(32)33)24(35)30-21(15-31)26(37)38/h1-10,18-21,31H,11-15,27H2,(H,28,36)(H,29,34)(H,30,35)(H,32,33)(H,37,38). The average Bonchev–Trinajstić information content (AvgIpc) is 2.89. The number of aliphatic hydroxyl groups is 1. The molecule has 38 heavy (non-hydrogen) atoms. The van der Waals surface area contributed by atoms with Crippen LogP contribution < -0.4 is 21.7 Å². The van der Waals surface area contributed by atoms with Crippen molar-refractivity contribution in [3.05, 3.63) is 71.8 Å². The normalized spacial score (nSPS) is 13.8. The first-order chi connectivity index (χ1) is 18.1. The Morgan fingerprint density at radius 1 is 0.684 bits per heavy atom. The molecule has 0 aromatic heterocycles. The first-order valence-corrected chi connectivity index (χ1v) is 11.9. The molecular weight excluding hydrogens is 496 g/mol. The molecule has 2 aromatic rings. The Morgan fingerprint density at radius 3 is 1.66 bits per heavy atom. The number of rotatable bonds is 15. The molecule has 8 N–H and O–H groups in total. The molecule has 0 aliphatic heterocycles. The number of carbonyl (C=O) groups excluding carboxylic acids is 3. The molecule has 12 nitrogen and oxygen atoms in total. The van der Waals surface area contributed by atoms with Crippen molar-refractivity contribution in [2.45, 2.75) is 49.9 Å². The zero-order valence-electron chi connectivity index (χ0n) is 20.6. The van der Waals surface area contributed by atoms with E-state index in [9.17, 15) is 29.1 Å². The SMILES string of the molecule is NC(Cc1ccccc1)C(=O)NC(Cc1ccccc1)C(=O)NC(CCC(=O)O)C(=O)NC(CO)C(=O)O. The second-order valence-corrected chi connectivity index (χ2v) is 8.62. The van der Waals surface area contributed by atoms with Gasteiger partial charge in [0.15, 0.2) is 0 Å². The van der Waals surface area contributed by atoms with Gasteiger partial charge in [-0.3, -0.25) is 19.2 Å². The summed E-state index contributed by atoms with van der Waals surface area (Å²) in [6.45, 7) is -0.910. The van der Waals surface area contributed by atoms with E-state index < -0.39 is 66.9 Å². The maximum absolute atomic E-state index is 13.3. The molecule has 0 heterocycles. The van der Waals surface area contributed by atoms with Crippen molar-refractivity contribution >= 4 is 29.7 Å². The maximum atomic E-state index is 13.3. The monoisotopic (exact) mass is 528 g/mol. The molecule has 0 radical (unpaired) electrons. The van der Waals surface area contributed by atoms with Gasteiger partial charge in [0.25, 0.3) is 0 Å². The highest BCUT2D eigenvalue weighted by molar-refractivity contribution is 5.94. The van der Waals surface area contributed by atoms with E-state index in [0.29, 0.717) is 5.56 Å². The van der Waals surface area contributed by atoms with Crippen molar-refractivity contribution in [1.82, 2.24) is 16.0 Å². The molecule has 4 atom stereocenters. The van der Waals surface area contributed by atoms with E-state index in [1.54, 1.807) is 42.5 Å². The lowest BCUT2D eigenvalue weighted by Gasteiger charge is -2.25. The Morgan fingerprint density at radius 2 is 1.16 bits per heavy atom. The summed E-state index contributed by atoms with van der Waals surface area (Å²) >= 11 is 0. The highest BCUT2D eigenvalue weighted by atomic mass is 16.4. The van der Waals surface area contributed by atoms with Gasteiger partial charge in [0.2, 0.25) is 17.7 Å². The lowest BCUT2D eigenvalue weighted by Crippen LogP contribution is -2.58. The third kappa shape index (κ3) is 9.99. The van der Waals surface area contributed by atoms with Crippen LogP contribution in [0.2, 0.25) is 0 Å². The number of hydrogen-bond donors (Lipinski definition) is 7. The van der Waals surface area contributed by atoms with Crippen molar-refractivity contribution in [2.24, 2.45) is 5.73 Å². The van der Waals surface area contributed by atoms with Crippen LogP contribution in [0.25, 0.3) is 0 Å². The molecule has 0 saturated heterocycles. The Hall–Kier alpha value is -4.29. The van der Waals surface area contributed by atoms with Crippen molar-refractivity contribution in [3.63, 3.8) is 0 Å². The number of hydrogen-bond acceptors (Lipinski definition) is 7. The van der Waals surface area contributed by atoms with Crippen molar-refractivity contribution in [2.75, 3.05) is 6.61 Å². The number of aliphatic carboxylic acids is 2. The Balaban J connectivity index is 2.21. The summed E-state index contributed by atoms with van der Waals surface area (Å²) in [5, 5.41) is 34.4. The smallest absolute Gasteiger partial charge is 0.328 e. The van der Waals surface area contributed by atoms with Crippen LogP contribution >= 0.6 is 0 Å². The molecule has 0 aliphatic carbocycles. The zero-order chi connectivity index (χ0) is 28.1. The van der Waals surface area contributed by atoms with Gasteiger partial charge in [0, 0.05) is 12.8 Å². The molecule has 204 valence electrons.